The second kappa shape index (κ2) is 3.63. The summed E-state index contributed by atoms with van der Waals surface area (Å²) in [5, 5.41) is 8.53. The summed E-state index contributed by atoms with van der Waals surface area (Å²) >= 11 is 0. The first-order valence-corrected chi connectivity index (χ1v) is 3.45. The standard InChI is InChI=1S/C8H6FN3O/c9-5-1-2-7(12-4-5)6(3-10)8(11)13/h1-2,4,6H,(H2,11,13). The molecule has 0 aromatic carbocycles. The number of rotatable bonds is 2. The maximum Gasteiger partial charge on any atom is 0.240 e. The monoisotopic (exact) mass is 179 g/mol. The van der Waals surface area contributed by atoms with Crippen molar-refractivity contribution >= 4 is 5.91 Å². The number of hydrogen-bond acceptors (Lipinski definition) is 3. The Morgan fingerprint density at radius 3 is 2.77 bits per heavy atom. The molecule has 1 amide bonds. The Kier molecular flexibility index (Phi) is 2.55. The third-order valence-electron chi connectivity index (χ3n) is 1.46. The highest BCUT2D eigenvalue weighted by molar-refractivity contribution is 5.84. The molecule has 1 unspecified atom stereocenters. The number of aromatic nitrogens is 1. The van der Waals surface area contributed by atoms with Crippen molar-refractivity contribution in [3.8, 4) is 6.07 Å². The number of nitriles is 1. The molecule has 0 aliphatic carbocycles. The van der Waals surface area contributed by atoms with Crippen LogP contribution >= 0.6 is 0 Å². The fourth-order valence-electron chi connectivity index (χ4n) is 0.834. The Bertz CT molecular complexity index is 355. The molecule has 1 rings (SSSR count). The van der Waals surface area contributed by atoms with Crippen molar-refractivity contribution in [2.75, 3.05) is 0 Å². The summed E-state index contributed by atoms with van der Waals surface area (Å²) in [6.07, 6.45) is 0.933. The third kappa shape index (κ3) is 1.99. The van der Waals surface area contributed by atoms with Crippen LogP contribution in [-0.4, -0.2) is 10.9 Å². The molecule has 0 aliphatic heterocycles. The van der Waals surface area contributed by atoms with Crippen LogP contribution in [0.4, 0.5) is 4.39 Å². The van der Waals surface area contributed by atoms with Crippen molar-refractivity contribution in [1.29, 1.82) is 5.26 Å². The molecule has 1 atom stereocenters. The number of carbonyl (C=O) groups is 1. The predicted octanol–water partition coefficient (Wildman–Crippen LogP) is 0.313. The molecule has 0 bridgehead atoms. The second-order valence-corrected chi connectivity index (χ2v) is 2.37. The predicted molar refractivity (Wildman–Crippen MR) is 41.7 cm³/mol. The molecule has 1 aromatic heterocycles. The van der Waals surface area contributed by atoms with Gasteiger partial charge in [-0.2, -0.15) is 5.26 Å². The normalized spacial score (nSPS) is 11.7. The molecular formula is C8H6FN3O. The third-order valence-corrected chi connectivity index (χ3v) is 1.46. The molecule has 0 spiro atoms. The minimum atomic E-state index is -1.11. The molecule has 13 heavy (non-hydrogen) atoms. The van der Waals surface area contributed by atoms with E-state index >= 15 is 0 Å². The van der Waals surface area contributed by atoms with Gasteiger partial charge in [0.2, 0.25) is 5.91 Å². The van der Waals surface area contributed by atoms with Crippen LogP contribution in [0.25, 0.3) is 0 Å². The van der Waals surface area contributed by atoms with Gasteiger partial charge in [0.25, 0.3) is 0 Å². The molecule has 0 saturated heterocycles. The van der Waals surface area contributed by atoms with E-state index in [9.17, 15) is 9.18 Å². The maximum absolute atomic E-state index is 12.4. The highest BCUT2D eigenvalue weighted by Gasteiger charge is 2.17. The van der Waals surface area contributed by atoms with Crippen LogP contribution in [0.3, 0.4) is 0 Å². The van der Waals surface area contributed by atoms with Crippen molar-refractivity contribution in [2.24, 2.45) is 5.73 Å². The van der Waals surface area contributed by atoms with E-state index in [0.29, 0.717) is 0 Å². The number of nitrogens with zero attached hydrogens (tertiary/aromatic N) is 2. The van der Waals surface area contributed by atoms with Crippen LogP contribution in [0.5, 0.6) is 0 Å². The van der Waals surface area contributed by atoms with E-state index in [0.717, 1.165) is 12.3 Å². The van der Waals surface area contributed by atoms with Crippen molar-refractivity contribution in [3.63, 3.8) is 0 Å². The first kappa shape index (κ1) is 9.13. The summed E-state index contributed by atoms with van der Waals surface area (Å²) in [6.45, 7) is 0. The van der Waals surface area contributed by atoms with E-state index < -0.39 is 17.6 Å². The maximum atomic E-state index is 12.4. The molecule has 1 aromatic rings. The number of primary amides is 1. The lowest BCUT2D eigenvalue weighted by Crippen LogP contribution is -2.20. The van der Waals surface area contributed by atoms with E-state index in [1.165, 1.54) is 6.07 Å². The molecule has 0 saturated carbocycles. The number of nitrogens with two attached hydrogens (primary N) is 1. The zero-order chi connectivity index (χ0) is 9.84. The van der Waals surface area contributed by atoms with Crippen molar-refractivity contribution in [1.82, 2.24) is 4.98 Å². The van der Waals surface area contributed by atoms with Gasteiger partial charge in [-0.1, -0.05) is 0 Å². The van der Waals surface area contributed by atoms with Gasteiger partial charge in [0.05, 0.1) is 18.0 Å². The van der Waals surface area contributed by atoms with Gasteiger partial charge >= 0.3 is 0 Å². The number of halogens is 1. The lowest BCUT2D eigenvalue weighted by molar-refractivity contribution is -0.118. The fraction of sp³-hybridized carbons (Fsp3) is 0.125. The Balaban J connectivity index is 3.01. The lowest BCUT2D eigenvalue weighted by Gasteiger charge is -2.02. The van der Waals surface area contributed by atoms with Gasteiger partial charge < -0.3 is 5.73 Å². The van der Waals surface area contributed by atoms with Crippen molar-refractivity contribution < 1.29 is 9.18 Å². The quantitative estimate of drug-likeness (QED) is 0.709. The zero-order valence-corrected chi connectivity index (χ0v) is 6.57. The Labute approximate surface area is 73.8 Å². The van der Waals surface area contributed by atoms with Gasteiger partial charge in [-0.15, -0.1) is 0 Å². The number of pyridine rings is 1. The van der Waals surface area contributed by atoms with Crippen molar-refractivity contribution in [3.05, 3.63) is 29.8 Å². The summed E-state index contributed by atoms with van der Waals surface area (Å²) in [5.41, 5.74) is 5.09. The Morgan fingerprint density at radius 1 is 1.69 bits per heavy atom. The van der Waals surface area contributed by atoms with Crippen LogP contribution in [0.15, 0.2) is 18.3 Å². The lowest BCUT2D eigenvalue weighted by atomic mass is 10.1. The molecule has 0 aliphatic rings. The molecule has 66 valence electrons. The molecule has 2 N–H and O–H groups in total. The molecule has 4 nitrogen and oxygen atoms in total. The first-order chi connectivity index (χ1) is 6.15. The minimum Gasteiger partial charge on any atom is -0.368 e. The highest BCUT2D eigenvalue weighted by Crippen LogP contribution is 2.11. The van der Waals surface area contributed by atoms with E-state index in [1.54, 1.807) is 6.07 Å². The first-order valence-electron chi connectivity index (χ1n) is 3.45. The number of amides is 1. The van der Waals surface area contributed by atoms with E-state index in [2.05, 4.69) is 4.98 Å². The SMILES string of the molecule is N#CC(C(N)=O)c1ccc(F)cn1. The minimum absolute atomic E-state index is 0.163. The van der Waals surface area contributed by atoms with Gasteiger partial charge in [-0.3, -0.25) is 9.78 Å². The summed E-state index contributed by atoms with van der Waals surface area (Å²) < 4.78 is 12.4. The van der Waals surface area contributed by atoms with Crippen LogP contribution in [0, 0.1) is 17.1 Å². The summed E-state index contributed by atoms with van der Waals surface area (Å²) in [6, 6.07) is 4.06. The van der Waals surface area contributed by atoms with E-state index in [-0.39, 0.29) is 5.69 Å². The van der Waals surface area contributed by atoms with E-state index in [4.69, 9.17) is 11.0 Å². The molecule has 0 fully saturated rings. The second-order valence-electron chi connectivity index (χ2n) is 2.37. The molecule has 5 heteroatoms. The van der Waals surface area contributed by atoms with Gasteiger partial charge in [-0.25, -0.2) is 4.39 Å². The summed E-state index contributed by atoms with van der Waals surface area (Å²) in [4.78, 5) is 14.3. The number of carbonyl (C=O) groups excluding carboxylic acids is 1. The Hall–Kier alpha value is -1.96. The molecule has 1 heterocycles. The van der Waals surface area contributed by atoms with Gasteiger partial charge in [0.15, 0.2) is 5.92 Å². The largest absolute Gasteiger partial charge is 0.368 e. The van der Waals surface area contributed by atoms with Crippen LogP contribution in [-0.2, 0) is 4.79 Å². The average Bonchev–Trinajstić information content (AvgIpc) is 2.09. The van der Waals surface area contributed by atoms with Gasteiger partial charge in [0, 0.05) is 0 Å². The van der Waals surface area contributed by atoms with Crippen LogP contribution in [0.1, 0.15) is 11.6 Å². The summed E-state index contributed by atoms with van der Waals surface area (Å²) in [7, 11) is 0. The zero-order valence-electron chi connectivity index (χ0n) is 6.57. The smallest absolute Gasteiger partial charge is 0.240 e. The Morgan fingerprint density at radius 2 is 2.38 bits per heavy atom. The summed E-state index contributed by atoms with van der Waals surface area (Å²) in [5.74, 6) is -2.42. The highest BCUT2D eigenvalue weighted by atomic mass is 19.1. The average molecular weight is 179 g/mol. The number of hydrogen-bond donors (Lipinski definition) is 1. The van der Waals surface area contributed by atoms with Crippen molar-refractivity contribution in [2.45, 2.75) is 5.92 Å². The van der Waals surface area contributed by atoms with Gasteiger partial charge in [-0.05, 0) is 12.1 Å². The van der Waals surface area contributed by atoms with Crippen LogP contribution < -0.4 is 5.73 Å². The van der Waals surface area contributed by atoms with Gasteiger partial charge in [0.1, 0.15) is 5.82 Å². The van der Waals surface area contributed by atoms with Crippen LogP contribution in [0.2, 0.25) is 0 Å². The van der Waals surface area contributed by atoms with E-state index in [1.807, 2.05) is 0 Å². The molecular weight excluding hydrogens is 173 g/mol. The fourth-order valence-corrected chi connectivity index (χ4v) is 0.834. The topological polar surface area (TPSA) is 79.8 Å². The molecule has 0 radical (unpaired) electrons.